The van der Waals surface area contributed by atoms with Gasteiger partial charge in [0.2, 0.25) is 0 Å². The molecule has 1 saturated heterocycles. The fourth-order valence-corrected chi connectivity index (χ4v) is 3.77. The summed E-state index contributed by atoms with van der Waals surface area (Å²) in [6, 6.07) is 3.81. The van der Waals surface area contributed by atoms with Crippen molar-refractivity contribution in [3.05, 3.63) is 22.7 Å². The van der Waals surface area contributed by atoms with Crippen LogP contribution in [-0.4, -0.2) is 56.4 Å². The highest BCUT2D eigenvalue weighted by molar-refractivity contribution is 6.32. The smallest absolute Gasteiger partial charge is 0.315 e. The van der Waals surface area contributed by atoms with E-state index in [1.165, 1.54) is 19.3 Å². The van der Waals surface area contributed by atoms with Crippen LogP contribution in [0, 0.1) is 0 Å². The maximum absolute atomic E-state index is 12.1. The molecule has 2 aliphatic heterocycles. The minimum absolute atomic E-state index is 0.127. The summed E-state index contributed by atoms with van der Waals surface area (Å²) >= 11 is 6.24. The number of ether oxygens (including phenoxy) is 2. The average Bonchev–Trinajstić information content (AvgIpc) is 2.62. The van der Waals surface area contributed by atoms with Crippen molar-refractivity contribution in [2.24, 2.45) is 0 Å². The van der Waals surface area contributed by atoms with Gasteiger partial charge in [-0.1, -0.05) is 18.0 Å². The van der Waals surface area contributed by atoms with Crippen molar-refractivity contribution < 1.29 is 14.3 Å². The number of fused-ring (bicyclic) bond motifs is 1. The predicted molar refractivity (Wildman–Crippen MR) is 102 cm³/mol. The molecule has 7 heteroatoms. The molecule has 1 atom stereocenters. The van der Waals surface area contributed by atoms with Gasteiger partial charge in [-0.05, 0) is 57.0 Å². The summed E-state index contributed by atoms with van der Waals surface area (Å²) in [4.78, 5) is 14.5. The molecule has 1 aromatic carbocycles. The Balaban J connectivity index is 1.40. The molecule has 6 nitrogen and oxygen atoms in total. The molecule has 3 rings (SSSR count). The summed E-state index contributed by atoms with van der Waals surface area (Å²) in [6.45, 7) is 6.82. The summed E-state index contributed by atoms with van der Waals surface area (Å²) in [6.07, 6.45) is 4.53. The van der Waals surface area contributed by atoms with E-state index < -0.39 is 0 Å². The molecule has 2 aliphatic rings. The molecular formula is C19H28ClN3O3. The van der Waals surface area contributed by atoms with Crippen molar-refractivity contribution in [1.82, 2.24) is 15.5 Å². The number of urea groups is 1. The van der Waals surface area contributed by atoms with Crippen LogP contribution in [0.25, 0.3) is 0 Å². The zero-order chi connectivity index (χ0) is 18.4. The first kappa shape index (κ1) is 19.1. The van der Waals surface area contributed by atoms with Crippen molar-refractivity contribution in [3.63, 3.8) is 0 Å². The Labute approximate surface area is 160 Å². The van der Waals surface area contributed by atoms with Gasteiger partial charge >= 0.3 is 6.03 Å². The fraction of sp³-hybridized carbons (Fsp3) is 0.632. The van der Waals surface area contributed by atoms with Gasteiger partial charge in [0.1, 0.15) is 13.2 Å². The number of nitrogens with one attached hydrogen (secondary N) is 2. The van der Waals surface area contributed by atoms with Crippen LogP contribution < -0.4 is 20.1 Å². The van der Waals surface area contributed by atoms with Gasteiger partial charge in [0.25, 0.3) is 0 Å². The number of halogens is 1. The zero-order valence-electron chi connectivity index (χ0n) is 15.4. The largest absolute Gasteiger partial charge is 0.486 e. The molecule has 26 heavy (non-hydrogen) atoms. The number of amides is 2. The molecule has 0 aliphatic carbocycles. The molecule has 0 aromatic heterocycles. The van der Waals surface area contributed by atoms with Crippen molar-refractivity contribution in [3.8, 4) is 11.5 Å². The van der Waals surface area contributed by atoms with Crippen LogP contribution in [-0.2, 0) is 6.42 Å². The summed E-state index contributed by atoms with van der Waals surface area (Å²) in [5, 5.41) is 6.48. The summed E-state index contributed by atoms with van der Waals surface area (Å²) in [5.41, 5.74) is 1.01. The topological polar surface area (TPSA) is 62.8 Å². The quantitative estimate of drug-likeness (QED) is 0.795. The first-order valence-corrected chi connectivity index (χ1v) is 9.84. The van der Waals surface area contributed by atoms with Crippen LogP contribution in [0.2, 0.25) is 5.02 Å². The second kappa shape index (κ2) is 9.33. The van der Waals surface area contributed by atoms with Gasteiger partial charge in [-0.2, -0.15) is 0 Å². The number of piperidine rings is 1. The third-order valence-electron chi connectivity index (χ3n) is 4.71. The standard InChI is InChI=1S/C19H28ClN3O3/c1-14(13-23-7-3-2-4-8-23)22-19(24)21-6-5-15-11-16(20)18-17(12-15)25-9-10-26-18/h11-12,14H,2-10,13H2,1H3,(H2,21,22,24). The van der Waals surface area contributed by atoms with E-state index in [4.69, 9.17) is 21.1 Å². The van der Waals surface area contributed by atoms with E-state index in [9.17, 15) is 4.79 Å². The van der Waals surface area contributed by atoms with E-state index in [2.05, 4.69) is 22.5 Å². The summed E-state index contributed by atoms with van der Waals surface area (Å²) < 4.78 is 11.1. The van der Waals surface area contributed by atoms with E-state index in [1.54, 1.807) is 0 Å². The number of likely N-dealkylation sites (tertiary alicyclic amines) is 1. The number of carbonyl (C=O) groups excluding carboxylic acids is 1. The first-order valence-electron chi connectivity index (χ1n) is 9.46. The third-order valence-corrected chi connectivity index (χ3v) is 4.99. The van der Waals surface area contributed by atoms with Gasteiger partial charge in [-0.15, -0.1) is 0 Å². The highest BCUT2D eigenvalue weighted by atomic mass is 35.5. The van der Waals surface area contributed by atoms with Crippen molar-refractivity contribution >= 4 is 17.6 Å². The molecule has 2 N–H and O–H groups in total. The van der Waals surface area contributed by atoms with Gasteiger partial charge in [-0.25, -0.2) is 4.79 Å². The van der Waals surface area contributed by atoms with Crippen LogP contribution in [0.15, 0.2) is 12.1 Å². The molecule has 0 spiro atoms. The second-order valence-corrected chi connectivity index (χ2v) is 7.42. The summed E-state index contributed by atoms with van der Waals surface area (Å²) in [5.74, 6) is 1.29. The average molecular weight is 382 g/mol. The summed E-state index contributed by atoms with van der Waals surface area (Å²) in [7, 11) is 0. The van der Waals surface area contributed by atoms with E-state index in [1.807, 2.05) is 12.1 Å². The number of nitrogens with zero attached hydrogens (tertiary/aromatic N) is 1. The van der Waals surface area contributed by atoms with Gasteiger partial charge in [0.05, 0.1) is 5.02 Å². The van der Waals surface area contributed by atoms with E-state index in [0.717, 1.165) is 25.2 Å². The van der Waals surface area contributed by atoms with Gasteiger partial charge in [-0.3, -0.25) is 0 Å². The van der Waals surface area contributed by atoms with Crippen LogP contribution >= 0.6 is 11.6 Å². The Hall–Kier alpha value is -1.66. The number of benzene rings is 1. The molecule has 144 valence electrons. The van der Waals surface area contributed by atoms with Crippen LogP contribution in [0.1, 0.15) is 31.7 Å². The molecule has 0 bridgehead atoms. The number of rotatable bonds is 6. The van der Waals surface area contributed by atoms with Crippen molar-refractivity contribution in [2.45, 2.75) is 38.6 Å². The molecule has 0 radical (unpaired) electrons. The number of carbonyl (C=O) groups is 1. The number of hydrogen-bond acceptors (Lipinski definition) is 4. The first-order chi connectivity index (χ1) is 12.6. The molecule has 0 saturated carbocycles. The molecule has 1 unspecified atom stereocenters. The van der Waals surface area contributed by atoms with Crippen LogP contribution in [0.5, 0.6) is 11.5 Å². The maximum atomic E-state index is 12.1. The SMILES string of the molecule is CC(CN1CCCCC1)NC(=O)NCCc1cc(Cl)c2c(c1)OCCO2. The fourth-order valence-electron chi connectivity index (χ4n) is 3.48. The minimum Gasteiger partial charge on any atom is -0.486 e. The zero-order valence-corrected chi connectivity index (χ0v) is 16.1. The van der Waals surface area contributed by atoms with Gasteiger partial charge in [0, 0.05) is 19.1 Å². The van der Waals surface area contributed by atoms with E-state index in [0.29, 0.717) is 42.7 Å². The van der Waals surface area contributed by atoms with Crippen LogP contribution in [0.3, 0.4) is 0 Å². The van der Waals surface area contributed by atoms with E-state index in [-0.39, 0.29) is 12.1 Å². The third kappa shape index (κ3) is 5.42. The van der Waals surface area contributed by atoms with Crippen molar-refractivity contribution in [1.29, 1.82) is 0 Å². The minimum atomic E-state index is -0.127. The molecular weight excluding hydrogens is 354 g/mol. The molecule has 1 fully saturated rings. The van der Waals surface area contributed by atoms with E-state index >= 15 is 0 Å². The molecule has 2 heterocycles. The van der Waals surface area contributed by atoms with Crippen molar-refractivity contribution in [2.75, 3.05) is 39.4 Å². The molecule has 1 aromatic rings. The van der Waals surface area contributed by atoms with Gasteiger partial charge in [0.15, 0.2) is 11.5 Å². The lowest BCUT2D eigenvalue weighted by molar-refractivity contribution is 0.171. The normalized spacial score (nSPS) is 18.2. The number of hydrogen-bond donors (Lipinski definition) is 2. The highest BCUT2D eigenvalue weighted by Crippen LogP contribution is 2.38. The predicted octanol–water partition coefficient (Wildman–Crippen LogP) is 2.83. The lowest BCUT2D eigenvalue weighted by Crippen LogP contribution is -2.47. The maximum Gasteiger partial charge on any atom is 0.315 e. The second-order valence-electron chi connectivity index (χ2n) is 7.01. The Kier molecular flexibility index (Phi) is 6.86. The highest BCUT2D eigenvalue weighted by Gasteiger charge is 2.17. The van der Waals surface area contributed by atoms with Crippen LogP contribution in [0.4, 0.5) is 4.79 Å². The van der Waals surface area contributed by atoms with Gasteiger partial charge < -0.3 is 25.0 Å². The Bertz CT molecular complexity index is 620. The molecule has 2 amide bonds. The Morgan fingerprint density at radius 2 is 2.00 bits per heavy atom. The lowest BCUT2D eigenvalue weighted by atomic mass is 10.1. The lowest BCUT2D eigenvalue weighted by Gasteiger charge is -2.29. The Morgan fingerprint density at radius 1 is 1.23 bits per heavy atom. The Morgan fingerprint density at radius 3 is 2.81 bits per heavy atom. The monoisotopic (exact) mass is 381 g/mol.